The lowest BCUT2D eigenvalue weighted by atomic mass is 9.94. The van der Waals surface area contributed by atoms with Crippen molar-refractivity contribution < 1.29 is 9.13 Å². The van der Waals surface area contributed by atoms with Crippen LogP contribution in [-0.2, 0) is 0 Å². The van der Waals surface area contributed by atoms with Crippen molar-refractivity contribution in [2.75, 3.05) is 0 Å². The van der Waals surface area contributed by atoms with Crippen LogP contribution in [0.3, 0.4) is 0 Å². The molecule has 0 bridgehead atoms. The van der Waals surface area contributed by atoms with E-state index in [4.69, 9.17) is 10.5 Å². The van der Waals surface area contributed by atoms with Crippen LogP contribution in [0.1, 0.15) is 25.7 Å². The van der Waals surface area contributed by atoms with Gasteiger partial charge in [0, 0.05) is 6.04 Å². The fourth-order valence-electron chi connectivity index (χ4n) is 1.95. The fourth-order valence-corrected chi connectivity index (χ4v) is 2.31. The molecule has 2 N–H and O–H groups in total. The summed E-state index contributed by atoms with van der Waals surface area (Å²) >= 11 is 3.15. The third-order valence-electron chi connectivity index (χ3n) is 2.91. The topological polar surface area (TPSA) is 35.2 Å². The Balaban J connectivity index is 1.96. The predicted octanol–water partition coefficient (Wildman–Crippen LogP) is 3.24. The largest absolute Gasteiger partial charge is 0.490 e. The molecule has 16 heavy (non-hydrogen) atoms. The molecular weight excluding hydrogens is 273 g/mol. The van der Waals surface area contributed by atoms with Gasteiger partial charge in [-0.2, -0.15) is 0 Å². The van der Waals surface area contributed by atoms with Gasteiger partial charge in [0.05, 0.1) is 10.6 Å². The molecule has 0 heterocycles. The van der Waals surface area contributed by atoms with Crippen molar-refractivity contribution in [1.29, 1.82) is 0 Å². The maximum Gasteiger partial charge on any atom is 0.137 e. The molecule has 0 radical (unpaired) electrons. The maximum atomic E-state index is 13.0. The van der Waals surface area contributed by atoms with Gasteiger partial charge in [-0.05, 0) is 59.8 Å². The number of rotatable bonds is 2. The molecule has 0 saturated heterocycles. The molecule has 1 aliphatic carbocycles. The SMILES string of the molecule is NC1CCC(Oc2ccc(F)c(Br)c2)CC1. The molecular formula is C12H15BrFNO. The van der Waals surface area contributed by atoms with Gasteiger partial charge >= 0.3 is 0 Å². The Labute approximate surface area is 103 Å². The van der Waals surface area contributed by atoms with Gasteiger partial charge in [0.2, 0.25) is 0 Å². The lowest BCUT2D eigenvalue weighted by Gasteiger charge is -2.26. The molecule has 2 nitrogen and oxygen atoms in total. The van der Waals surface area contributed by atoms with Crippen molar-refractivity contribution in [2.24, 2.45) is 5.73 Å². The van der Waals surface area contributed by atoms with E-state index in [0.717, 1.165) is 25.7 Å². The number of halogens is 2. The molecule has 88 valence electrons. The van der Waals surface area contributed by atoms with Crippen molar-refractivity contribution in [2.45, 2.75) is 37.8 Å². The van der Waals surface area contributed by atoms with Crippen LogP contribution in [0.4, 0.5) is 4.39 Å². The zero-order valence-corrected chi connectivity index (χ0v) is 10.5. The third-order valence-corrected chi connectivity index (χ3v) is 3.52. The molecule has 0 aliphatic heterocycles. The first-order valence-corrected chi connectivity index (χ1v) is 6.32. The van der Waals surface area contributed by atoms with Gasteiger partial charge in [0.15, 0.2) is 0 Å². The van der Waals surface area contributed by atoms with E-state index < -0.39 is 0 Å². The van der Waals surface area contributed by atoms with E-state index in [1.54, 1.807) is 12.1 Å². The lowest BCUT2D eigenvalue weighted by Crippen LogP contribution is -2.31. The molecule has 1 aliphatic rings. The Morgan fingerprint density at radius 2 is 1.94 bits per heavy atom. The van der Waals surface area contributed by atoms with Crippen LogP contribution in [0, 0.1) is 5.82 Å². The minimum atomic E-state index is -0.266. The highest BCUT2D eigenvalue weighted by molar-refractivity contribution is 9.10. The van der Waals surface area contributed by atoms with Crippen LogP contribution < -0.4 is 10.5 Å². The molecule has 1 fully saturated rings. The first-order chi connectivity index (χ1) is 7.65. The van der Waals surface area contributed by atoms with Gasteiger partial charge in [-0.1, -0.05) is 0 Å². The molecule has 1 saturated carbocycles. The van der Waals surface area contributed by atoms with E-state index in [0.29, 0.717) is 16.3 Å². The minimum absolute atomic E-state index is 0.220. The molecule has 0 aromatic heterocycles. The maximum absolute atomic E-state index is 13.0. The van der Waals surface area contributed by atoms with E-state index >= 15 is 0 Å². The zero-order chi connectivity index (χ0) is 11.5. The molecule has 0 unspecified atom stereocenters. The standard InChI is InChI=1S/C12H15BrFNO/c13-11-7-10(5-6-12(11)14)16-9-3-1-8(15)2-4-9/h5-9H,1-4,15H2. The summed E-state index contributed by atoms with van der Waals surface area (Å²) in [5.74, 6) is 0.451. The first kappa shape index (κ1) is 11.9. The van der Waals surface area contributed by atoms with Crippen LogP contribution in [0.5, 0.6) is 5.75 Å². The van der Waals surface area contributed by atoms with E-state index in [2.05, 4.69) is 15.9 Å². The van der Waals surface area contributed by atoms with Crippen molar-refractivity contribution in [3.8, 4) is 5.75 Å². The van der Waals surface area contributed by atoms with Crippen molar-refractivity contribution >= 4 is 15.9 Å². The van der Waals surface area contributed by atoms with Crippen LogP contribution in [0.25, 0.3) is 0 Å². The lowest BCUT2D eigenvalue weighted by molar-refractivity contribution is 0.147. The normalized spacial score (nSPS) is 25.4. The highest BCUT2D eigenvalue weighted by Gasteiger charge is 2.19. The smallest absolute Gasteiger partial charge is 0.137 e. The fraction of sp³-hybridized carbons (Fsp3) is 0.500. The van der Waals surface area contributed by atoms with Crippen LogP contribution in [-0.4, -0.2) is 12.1 Å². The molecule has 2 rings (SSSR count). The average Bonchev–Trinajstić information content (AvgIpc) is 2.27. The summed E-state index contributed by atoms with van der Waals surface area (Å²) in [6, 6.07) is 5.06. The van der Waals surface area contributed by atoms with Crippen molar-refractivity contribution in [3.05, 3.63) is 28.5 Å². The molecule has 0 spiro atoms. The Kier molecular flexibility index (Phi) is 3.82. The van der Waals surface area contributed by atoms with Crippen molar-refractivity contribution in [1.82, 2.24) is 0 Å². The number of benzene rings is 1. The van der Waals surface area contributed by atoms with E-state index in [1.807, 2.05) is 0 Å². The Morgan fingerprint density at radius 3 is 2.56 bits per heavy atom. The van der Waals surface area contributed by atoms with Crippen LogP contribution >= 0.6 is 15.9 Å². The summed E-state index contributed by atoms with van der Waals surface area (Å²) in [7, 11) is 0. The number of hydrogen-bond donors (Lipinski definition) is 1. The molecule has 1 aromatic rings. The summed E-state index contributed by atoms with van der Waals surface area (Å²) in [6.07, 6.45) is 4.20. The van der Waals surface area contributed by atoms with Gasteiger partial charge in [0.25, 0.3) is 0 Å². The van der Waals surface area contributed by atoms with E-state index in [1.165, 1.54) is 6.07 Å². The number of hydrogen-bond acceptors (Lipinski definition) is 2. The van der Waals surface area contributed by atoms with E-state index in [-0.39, 0.29) is 11.9 Å². The molecule has 1 aromatic carbocycles. The number of nitrogens with two attached hydrogens (primary N) is 1. The summed E-state index contributed by atoms with van der Waals surface area (Å²) in [5.41, 5.74) is 5.82. The third kappa shape index (κ3) is 2.95. The molecule has 4 heteroatoms. The second-order valence-corrected chi connectivity index (χ2v) is 5.08. The molecule has 0 atom stereocenters. The van der Waals surface area contributed by atoms with Gasteiger partial charge in [-0.15, -0.1) is 0 Å². The van der Waals surface area contributed by atoms with Crippen LogP contribution in [0.2, 0.25) is 0 Å². The van der Waals surface area contributed by atoms with Gasteiger partial charge in [0.1, 0.15) is 11.6 Å². The summed E-state index contributed by atoms with van der Waals surface area (Å²) in [6.45, 7) is 0. The monoisotopic (exact) mass is 287 g/mol. The number of ether oxygens (including phenoxy) is 1. The second kappa shape index (κ2) is 5.15. The van der Waals surface area contributed by atoms with E-state index in [9.17, 15) is 4.39 Å². The van der Waals surface area contributed by atoms with Crippen molar-refractivity contribution in [3.63, 3.8) is 0 Å². The predicted molar refractivity (Wildman–Crippen MR) is 65.0 cm³/mol. The summed E-state index contributed by atoms with van der Waals surface area (Å²) in [4.78, 5) is 0. The molecule has 0 amide bonds. The Morgan fingerprint density at radius 1 is 1.25 bits per heavy atom. The first-order valence-electron chi connectivity index (χ1n) is 5.52. The Hall–Kier alpha value is -0.610. The van der Waals surface area contributed by atoms with Crippen LogP contribution in [0.15, 0.2) is 22.7 Å². The van der Waals surface area contributed by atoms with Gasteiger partial charge in [-0.25, -0.2) is 4.39 Å². The average molecular weight is 288 g/mol. The van der Waals surface area contributed by atoms with Gasteiger partial charge in [-0.3, -0.25) is 0 Å². The highest BCUT2D eigenvalue weighted by Crippen LogP contribution is 2.26. The summed E-state index contributed by atoms with van der Waals surface area (Å²) in [5, 5.41) is 0. The quantitative estimate of drug-likeness (QED) is 0.906. The Bertz CT molecular complexity index is 364. The second-order valence-electron chi connectivity index (χ2n) is 4.23. The summed E-state index contributed by atoms with van der Waals surface area (Å²) < 4.78 is 19.2. The highest BCUT2D eigenvalue weighted by atomic mass is 79.9. The zero-order valence-electron chi connectivity index (χ0n) is 8.96. The minimum Gasteiger partial charge on any atom is -0.490 e. The van der Waals surface area contributed by atoms with Gasteiger partial charge < -0.3 is 10.5 Å².